The van der Waals surface area contributed by atoms with E-state index < -0.39 is 0 Å². The molecule has 1 saturated heterocycles. The summed E-state index contributed by atoms with van der Waals surface area (Å²) in [6.45, 7) is 3.48. The normalized spacial score (nSPS) is 44.2. The number of rotatable bonds is 0. The Morgan fingerprint density at radius 2 is 2.00 bits per heavy atom. The van der Waals surface area contributed by atoms with Gasteiger partial charge in [0, 0.05) is 12.6 Å². The van der Waals surface area contributed by atoms with Gasteiger partial charge in [-0.2, -0.15) is 0 Å². The fraction of sp³-hybridized carbons (Fsp3) is 1.00. The van der Waals surface area contributed by atoms with E-state index in [4.69, 9.17) is 4.74 Å². The lowest BCUT2D eigenvalue weighted by Crippen LogP contribution is -2.59. The second-order valence-electron chi connectivity index (χ2n) is 5.95. The number of nitrogens with one attached hydrogen (secondary N) is 1. The van der Waals surface area contributed by atoms with Gasteiger partial charge in [-0.1, -0.05) is 19.8 Å². The van der Waals surface area contributed by atoms with Gasteiger partial charge in [-0.15, -0.1) is 0 Å². The van der Waals surface area contributed by atoms with Gasteiger partial charge in [-0.3, -0.25) is 0 Å². The molecule has 86 valence electrons. The first-order chi connectivity index (χ1) is 7.27. The quantitative estimate of drug-likeness (QED) is 0.662. The van der Waals surface area contributed by atoms with Crippen molar-refractivity contribution in [2.24, 2.45) is 5.92 Å². The molecule has 0 aromatic heterocycles. The number of ether oxygens (including phenoxy) is 1. The predicted molar refractivity (Wildman–Crippen MR) is 60.9 cm³/mol. The molecule has 2 heteroatoms. The first-order valence-electron chi connectivity index (χ1n) is 6.69. The third-order valence-electron chi connectivity index (χ3n) is 4.65. The molecule has 3 fully saturated rings. The molecule has 0 amide bonds. The van der Waals surface area contributed by atoms with Crippen LogP contribution in [0.5, 0.6) is 0 Å². The maximum absolute atomic E-state index is 6.42. The highest BCUT2D eigenvalue weighted by molar-refractivity contribution is 4.98. The smallest absolute Gasteiger partial charge is 0.0810 e. The number of hydrogen-bond donors (Lipinski definition) is 1. The van der Waals surface area contributed by atoms with Crippen molar-refractivity contribution in [2.45, 2.75) is 69.6 Å². The van der Waals surface area contributed by atoms with Gasteiger partial charge < -0.3 is 10.1 Å². The molecule has 2 saturated carbocycles. The summed E-state index contributed by atoms with van der Waals surface area (Å²) in [7, 11) is 0. The molecule has 3 rings (SSSR count). The van der Waals surface area contributed by atoms with Gasteiger partial charge in [0.25, 0.3) is 0 Å². The highest BCUT2D eigenvalue weighted by atomic mass is 16.5. The first-order valence-corrected chi connectivity index (χ1v) is 6.69. The van der Waals surface area contributed by atoms with Crippen molar-refractivity contribution in [3.8, 4) is 0 Å². The molecule has 15 heavy (non-hydrogen) atoms. The zero-order chi connectivity index (χ0) is 10.3. The Hall–Kier alpha value is -0.0800. The van der Waals surface area contributed by atoms with Crippen molar-refractivity contribution in [3.63, 3.8) is 0 Å². The van der Waals surface area contributed by atoms with Crippen LogP contribution in [0.25, 0.3) is 0 Å². The topological polar surface area (TPSA) is 21.3 Å². The van der Waals surface area contributed by atoms with E-state index in [0.717, 1.165) is 12.5 Å². The summed E-state index contributed by atoms with van der Waals surface area (Å²) >= 11 is 0. The second kappa shape index (κ2) is 3.74. The molecule has 0 bridgehead atoms. The molecule has 1 heterocycles. The average molecular weight is 209 g/mol. The fourth-order valence-corrected chi connectivity index (χ4v) is 3.70. The highest BCUT2D eigenvalue weighted by Gasteiger charge is 2.44. The fourth-order valence-electron chi connectivity index (χ4n) is 3.70. The van der Waals surface area contributed by atoms with Gasteiger partial charge in [0.05, 0.1) is 11.7 Å². The summed E-state index contributed by atoms with van der Waals surface area (Å²) in [4.78, 5) is 0. The van der Waals surface area contributed by atoms with Crippen molar-refractivity contribution < 1.29 is 4.74 Å². The lowest BCUT2D eigenvalue weighted by atomic mass is 9.82. The van der Waals surface area contributed by atoms with Crippen LogP contribution in [-0.4, -0.2) is 24.3 Å². The molecule has 3 aliphatic rings. The minimum absolute atomic E-state index is 0.238. The second-order valence-corrected chi connectivity index (χ2v) is 5.95. The van der Waals surface area contributed by atoms with Gasteiger partial charge in [-0.05, 0) is 38.0 Å². The van der Waals surface area contributed by atoms with E-state index in [9.17, 15) is 0 Å². The van der Waals surface area contributed by atoms with Gasteiger partial charge in [0.15, 0.2) is 0 Å². The van der Waals surface area contributed by atoms with Crippen LogP contribution in [0.2, 0.25) is 0 Å². The molecular weight excluding hydrogens is 186 g/mol. The number of hydrogen-bond acceptors (Lipinski definition) is 2. The Kier molecular flexibility index (Phi) is 2.52. The van der Waals surface area contributed by atoms with Crippen molar-refractivity contribution in [3.05, 3.63) is 0 Å². The highest BCUT2D eigenvalue weighted by Crippen LogP contribution is 2.40. The molecule has 0 radical (unpaired) electrons. The van der Waals surface area contributed by atoms with Crippen LogP contribution in [0.4, 0.5) is 0 Å². The van der Waals surface area contributed by atoms with E-state index in [-0.39, 0.29) is 5.60 Å². The third-order valence-corrected chi connectivity index (χ3v) is 4.65. The van der Waals surface area contributed by atoms with Gasteiger partial charge in [0.2, 0.25) is 0 Å². The SMILES string of the molecule is CC1CCC2OC3(CCCC3)CNC2C1. The zero-order valence-corrected chi connectivity index (χ0v) is 9.80. The van der Waals surface area contributed by atoms with E-state index in [1.807, 2.05) is 0 Å². The number of morpholine rings is 1. The predicted octanol–water partition coefficient (Wildman–Crippen LogP) is 2.48. The Bertz CT molecular complexity index is 235. The van der Waals surface area contributed by atoms with Gasteiger partial charge in [-0.25, -0.2) is 0 Å². The molecule has 1 aliphatic heterocycles. The molecular formula is C13H23NO. The van der Waals surface area contributed by atoms with Crippen LogP contribution in [-0.2, 0) is 4.74 Å². The summed E-state index contributed by atoms with van der Waals surface area (Å²) in [6, 6.07) is 0.653. The number of fused-ring (bicyclic) bond motifs is 1. The third kappa shape index (κ3) is 1.83. The zero-order valence-electron chi connectivity index (χ0n) is 9.80. The van der Waals surface area contributed by atoms with Gasteiger partial charge in [0.1, 0.15) is 0 Å². The lowest BCUT2D eigenvalue weighted by Gasteiger charge is -2.47. The standard InChI is InChI=1S/C13H23NO/c1-10-4-5-12-11(8-10)14-9-13(15-12)6-2-3-7-13/h10-12,14H,2-9H2,1H3. The maximum Gasteiger partial charge on any atom is 0.0810 e. The molecule has 1 N–H and O–H groups in total. The van der Waals surface area contributed by atoms with Crippen molar-refractivity contribution >= 4 is 0 Å². The van der Waals surface area contributed by atoms with Crippen LogP contribution in [0.15, 0.2) is 0 Å². The molecule has 0 aromatic carbocycles. The van der Waals surface area contributed by atoms with E-state index in [1.165, 1.54) is 44.9 Å². The monoisotopic (exact) mass is 209 g/mol. The van der Waals surface area contributed by atoms with E-state index in [1.54, 1.807) is 0 Å². The van der Waals surface area contributed by atoms with Crippen LogP contribution in [0, 0.1) is 5.92 Å². The molecule has 0 aromatic rings. The van der Waals surface area contributed by atoms with Crippen LogP contribution in [0.3, 0.4) is 0 Å². The first kappa shape index (κ1) is 10.1. The summed E-state index contributed by atoms with van der Waals surface area (Å²) in [5, 5.41) is 3.76. The minimum atomic E-state index is 0.238. The minimum Gasteiger partial charge on any atom is -0.369 e. The van der Waals surface area contributed by atoms with E-state index in [0.29, 0.717) is 12.1 Å². The van der Waals surface area contributed by atoms with Crippen LogP contribution >= 0.6 is 0 Å². The Balaban J connectivity index is 1.68. The summed E-state index contributed by atoms with van der Waals surface area (Å²) < 4.78 is 6.42. The van der Waals surface area contributed by atoms with Crippen molar-refractivity contribution in [2.75, 3.05) is 6.54 Å². The molecule has 3 unspecified atom stereocenters. The molecule has 1 spiro atoms. The molecule has 3 atom stereocenters. The van der Waals surface area contributed by atoms with Crippen LogP contribution < -0.4 is 5.32 Å². The Morgan fingerprint density at radius 1 is 1.20 bits per heavy atom. The summed E-state index contributed by atoms with van der Waals surface area (Å²) in [6.07, 6.45) is 9.80. The van der Waals surface area contributed by atoms with Crippen molar-refractivity contribution in [1.29, 1.82) is 0 Å². The lowest BCUT2D eigenvalue weighted by molar-refractivity contribution is -0.145. The van der Waals surface area contributed by atoms with Crippen LogP contribution in [0.1, 0.15) is 51.9 Å². The Labute approximate surface area is 92.8 Å². The average Bonchev–Trinajstić information content (AvgIpc) is 2.67. The molecule has 2 nitrogen and oxygen atoms in total. The van der Waals surface area contributed by atoms with E-state index in [2.05, 4.69) is 12.2 Å². The summed E-state index contributed by atoms with van der Waals surface area (Å²) in [5.74, 6) is 0.889. The maximum atomic E-state index is 6.42. The van der Waals surface area contributed by atoms with E-state index >= 15 is 0 Å². The Morgan fingerprint density at radius 3 is 2.80 bits per heavy atom. The van der Waals surface area contributed by atoms with Crippen molar-refractivity contribution in [1.82, 2.24) is 5.32 Å². The molecule has 2 aliphatic carbocycles. The largest absolute Gasteiger partial charge is 0.369 e. The summed E-state index contributed by atoms with van der Waals surface area (Å²) in [5.41, 5.74) is 0.238. The van der Waals surface area contributed by atoms with Gasteiger partial charge >= 0.3 is 0 Å².